The van der Waals surface area contributed by atoms with Gasteiger partial charge >= 0.3 is 17.9 Å². The molecule has 0 radical (unpaired) electrons. The first-order valence-corrected chi connectivity index (χ1v) is 25.5. The molecule has 1 unspecified atom stereocenters. The summed E-state index contributed by atoms with van der Waals surface area (Å²) in [5, 5.41) is 0. The summed E-state index contributed by atoms with van der Waals surface area (Å²) in [7, 11) is 0. The van der Waals surface area contributed by atoms with Crippen LogP contribution in [0.15, 0.2) is 122 Å². The maximum atomic E-state index is 12.7. The second kappa shape index (κ2) is 51.4. The highest BCUT2D eigenvalue weighted by molar-refractivity contribution is 5.71. The van der Waals surface area contributed by atoms with Gasteiger partial charge in [0.15, 0.2) is 6.10 Å². The number of ether oxygens (including phenoxy) is 3. The first-order chi connectivity index (χ1) is 31.5. The number of esters is 3. The highest BCUT2D eigenvalue weighted by Crippen LogP contribution is 2.12. The summed E-state index contributed by atoms with van der Waals surface area (Å²) in [6.45, 7) is 6.27. The molecule has 0 rings (SSSR count). The van der Waals surface area contributed by atoms with Crippen LogP contribution in [0.3, 0.4) is 0 Å². The van der Waals surface area contributed by atoms with Crippen LogP contribution in [-0.4, -0.2) is 37.2 Å². The lowest BCUT2D eigenvalue weighted by Gasteiger charge is -2.18. The maximum absolute atomic E-state index is 12.7. The molecule has 0 aliphatic carbocycles. The summed E-state index contributed by atoms with van der Waals surface area (Å²) < 4.78 is 16.6. The van der Waals surface area contributed by atoms with Crippen LogP contribution in [0, 0.1) is 0 Å². The van der Waals surface area contributed by atoms with Crippen LogP contribution in [0.2, 0.25) is 0 Å². The van der Waals surface area contributed by atoms with Crippen LogP contribution in [0.5, 0.6) is 0 Å². The molecule has 0 aromatic carbocycles. The lowest BCUT2D eigenvalue weighted by atomic mass is 10.1. The van der Waals surface area contributed by atoms with Crippen molar-refractivity contribution >= 4 is 17.9 Å². The molecule has 0 spiro atoms. The number of carbonyl (C=O) groups is 3. The van der Waals surface area contributed by atoms with Crippen molar-refractivity contribution in [3.63, 3.8) is 0 Å². The molecule has 0 fully saturated rings. The van der Waals surface area contributed by atoms with Gasteiger partial charge in [0, 0.05) is 19.3 Å². The van der Waals surface area contributed by atoms with Crippen LogP contribution in [0.4, 0.5) is 0 Å². The molecule has 0 amide bonds. The number of allylic oxidation sites excluding steroid dienone is 20. The van der Waals surface area contributed by atoms with Gasteiger partial charge in [-0.15, -0.1) is 0 Å². The van der Waals surface area contributed by atoms with Crippen molar-refractivity contribution < 1.29 is 28.6 Å². The number of rotatable bonds is 44. The molecular formula is C58H92O6. The SMILES string of the molecule is CC/C=C\C/C=C\C/C=C\C/C=C\C/C=C\C/C=C\CCCCCCCCC(=O)OCC(COC(=O)CCCCCCCC)OC(=O)CCCC/C=C\C/C=C\C/C=C\C/C=C\CC. The Bertz CT molecular complexity index is 1390. The smallest absolute Gasteiger partial charge is 0.306 e. The van der Waals surface area contributed by atoms with Gasteiger partial charge in [-0.3, -0.25) is 14.4 Å². The molecule has 0 bridgehead atoms. The standard InChI is InChI=1S/C58H92O6/c1-4-7-10-13-16-18-20-22-24-25-26-27-28-29-30-31-32-33-35-36-38-40-42-45-48-51-57(60)63-54-55(53-62-56(59)50-47-44-15-12-9-6-3)64-58(61)52-49-46-43-41-39-37-34-23-21-19-17-14-11-8-5-2/h7-8,10-11,16-19,22-24,26-27,29-30,32-34,39,41,55H,4-6,9,12-15,20-21,25,28,31,35-38,40,42-54H2,1-3H3/b10-7-,11-8-,18-16-,19-17-,24-22-,27-26-,30-29-,33-32-,34-23-,41-39-. The zero-order valence-electron chi connectivity index (χ0n) is 41.0. The fourth-order valence-electron chi connectivity index (χ4n) is 6.43. The predicted molar refractivity (Wildman–Crippen MR) is 274 cm³/mol. The Hall–Kier alpha value is -4.19. The monoisotopic (exact) mass is 885 g/mol. The Morgan fingerprint density at radius 3 is 0.984 bits per heavy atom. The minimum absolute atomic E-state index is 0.103. The van der Waals surface area contributed by atoms with Gasteiger partial charge in [-0.05, 0) is 109 Å². The van der Waals surface area contributed by atoms with Crippen LogP contribution in [-0.2, 0) is 28.6 Å². The van der Waals surface area contributed by atoms with Gasteiger partial charge in [0.2, 0.25) is 0 Å². The van der Waals surface area contributed by atoms with E-state index in [-0.39, 0.29) is 37.5 Å². The molecule has 64 heavy (non-hydrogen) atoms. The molecule has 0 saturated carbocycles. The van der Waals surface area contributed by atoms with Gasteiger partial charge in [-0.1, -0.05) is 200 Å². The molecule has 0 N–H and O–H groups in total. The molecule has 360 valence electrons. The highest BCUT2D eigenvalue weighted by Gasteiger charge is 2.19. The van der Waals surface area contributed by atoms with E-state index in [9.17, 15) is 14.4 Å². The summed E-state index contributed by atoms with van der Waals surface area (Å²) in [4.78, 5) is 37.7. The van der Waals surface area contributed by atoms with Gasteiger partial charge in [0.05, 0.1) is 0 Å². The zero-order chi connectivity index (χ0) is 46.5. The molecule has 6 heteroatoms. The number of hydrogen-bond donors (Lipinski definition) is 0. The molecule has 1 atom stereocenters. The van der Waals surface area contributed by atoms with E-state index in [1.54, 1.807) is 0 Å². The first-order valence-electron chi connectivity index (χ1n) is 25.5. The van der Waals surface area contributed by atoms with E-state index in [0.717, 1.165) is 128 Å². The van der Waals surface area contributed by atoms with Crippen molar-refractivity contribution in [2.75, 3.05) is 13.2 Å². The van der Waals surface area contributed by atoms with Crippen LogP contribution in [0.25, 0.3) is 0 Å². The Kier molecular flexibility index (Phi) is 48.1. The number of carbonyl (C=O) groups excluding carboxylic acids is 3. The quantitative estimate of drug-likeness (QED) is 0.0262. The Morgan fingerprint density at radius 1 is 0.328 bits per heavy atom. The summed E-state index contributed by atoms with van der Waals surface area (Å²) in [6, 6.07) is 0. The van der Waals surface area contributed by atoms with Crippen molar-refractivity contribution in [3.8, 4) is 0 Å². The minimum atomic E-state index is -0.805. The van der Waals surface area contributed by atoms with Crippen molar-refractivity contribution in [2.24, 2.45) is 0 Å². The van der Waals surface area contributed by atoms with E-state index >= 15 is 0 Å². The molecule has 0 heterocycles. The van der Waals surface area contributed by atoms with Gasteiger partial charge in [-0.25, -0.2) is 0 Å². The predicted octanol–water partition coefficient (Wildman–Crippen LogP) is 16.9. The third-order valence-electron chi connectivity index (χ3n) is 10.2. The van der Waals surface area contributed by atoms with Crippen molar-refractivity contribution in [2.45, 2.75) is 213 Å². The van der Waals surface area contributed by atoms with Crippen molar-refractivity contribution in [1.29, 1.82) is 0 Å². The van der Waals surface area contributed by atoms with Crippen LogP contribution >= 0.6 is 0 Å². The van der Waals surface area contributed by atoms with Gasteiger partial charge in [0.25, 0.3) is 0 Å². The number of unbranched alkanes of at least 4 members (excludes halogenated alkanes) is 13. The van der Waals surface area contributed by atoms with E-state index in [1.807, 2.05) is 0 Å². The Morgan fingerprint density at radius 2 is 0.609 bits per heavy atom. The molecule has 6 nitrogen and oxygen atoms in total. The van der Waals surface area contributed by atoms with Crippen LogP contribution < -0.4 is 0 Å². The number of hydrogen-bond acceptors (Lipinski definition) is 6. The molecule has 0 aliphatic heterocycles. The largest absolute Gasteiger partial charge is 0.462 e. The van der Waals surface area contributed by atoms with Crippen molar-refractivity contribution in [1.82, 2.24) is 0 Å². The van der Waals surface area contributed by atoms with Gasteiger partial charge in [0.1, 0.15) is 13.2 Å². The van der Waals surface area contributed by atoms with Crippen LogP contribution in [0.1, 0.15) is 207 Å². The summed E-state index contributed by atoms with van der Waals surface area (Å²) in [5.41, 5.74) is 0. The Labute approximate surface area is 392 Å². The molecule has 0 aromatic rings. The third-order valence-corrected chi connectivity index (χ3v) is 10.2. The van der Waals surface area contributed by atoms with E-state index in [2.05, 4.69) is 142 Å². The first kappa shape index (κ1) is 59.8. The van der Waals surface area contributed by atoms with E-state index in [4.69, 9.17) is 14.2 Å². The summed E-state index contributed by atoms with van der Waals surface area (Å²) in [6.07, 6.45) is 70.7. The van der Waals surface area contributed by atoms with E-state index in [1.165, 1.54) is 32.1 Å². The van der Waals surface area contributed by atoms with E-state index in [0.29, 0.717) is 19.3 Å². The second-order valence-electron chi connectivity index (χ2n) is 16.3. The molecule has 0 saturated heterocycles. The highest BCUT2D eigenvalue weighted by atomic mass is 16.6. The lowest BCUT2D eigenvalue weighted by molar-refractivity contribution is -0.167. The Balaban J connectivity index is 4.29. The average molecular weight is 885 g/mol. The average Bonchev–Trinajstić information content (AvgIpc) is 3.29. The fraction of sp³-hybridized carbons (Fsp3) is 0.603. The topological polar surface area (TPSA) is 78.9 Å². The molecular weight excluding hydrogens is 793 g/mol. The van der Waals surface area contributed by atoms with Crippen molar-refractivity contribution in [3.05, 3.63) is 122 Å². The second-order valence-corrected chi connectivity index (χ2v) is 16.3. The third kappa shape index (κ3) is 48.8. The lowest BCUT2D eigenvalue weighted by Crippen LogP contribution is -2.30. The fourth-order valence-corrected chi connectivity index (χ4v) is 6.43. The van der Waals surface area contributed by atoms with E-state index < -0.39 is 6.10 Å². The normalized spacial score (nSPS) is 13.1. The molecule has 0 aromatic heterocycles. The minimum Gasteiger partial charge on any atom is -0.462 e. The maximum Gasteiger partial charge on any atom is 0.306 e. The summed E-state index contributed by atoms with van der Waals surface area (Å²) in [5.74, 6) is -0.979. The zero-order valence-corrected chi connectivity index (χ0v) is 41.0. The summed E-state index contributed by atoms with van der Waals surface area (Å²) >= 11 is 0. The molecule has 0 aliphatic rings. The van der Waals surface area contributed by atoms with Gasteiger partial charge in [-0.2, -0.15) is 0 Å². The van der Waals surface area contributed by atoms with Gasteiger partial charge < -0.3 is 14.2 Å².